The van der Waals surface area contributed by atoms with Crippen LogP contribution < -0.4 is 4.74 Å². The second kappa shape index (κ2) is 5.84. The third kappa shape index (κ3) is 2.61. The Balaban J connectivity index is 2.09. The molecule has 1 aliphatic carbocycles. The van der Waals surface area contributed by atoms with Gasteiger partial charge in [-0.05, 0) is 62.4 Å². The fourth-order valence-electron chi connectivity index (χ4n) is 3.76. The lowest BCUT2D eigenvalue weighted by molar-refractivity contribution is 0.210. The van der Waals surface area contributed by atoms with Gasteiger partial charge in [0.1, 0.15) is 11.3 Å². The lowest BCUT2D eigenvalue weighted by Gasteiger charge is -2.33. The van der Waals surface area contributed by atoms with Crippen molar-refractivity contribution in [3.63, 3.8) is 0 Å². The first-order valence-corrected chi connectivity index (χ1v) is 8.38. The van der Waals surface area contributed by atoms with Crippen LogP contribution >= 0.6 is 12.2 Å². The van der Waals surface area contributed by atoms with Crippen LogP contribution in [-0.2, 0) is 0 Å². The Kier molecular flexibility index (Phi) is 4.07. The molecule has 0 bridgehead atoms. The van der Waals surface area contributed by atoms with Crippen LogP contribution in [0.25, 0.3) is 11.0 Å². The number of imidazole rings is 1. The van der Waals surface area contributed by atoms with E-state index in [-0.39, 0.29) is 0 Å². The first-order chi connectivity index (χ1) is 10.1. The third-order valence-corrected chi connectivity index (χ3v) is 5.03. The minimum absolute atomic E-state index is 0.499. The van der Waals surface area contributed by atoms with E-state index in [1.54, 1.807) is 0 Å². The Bertz CT molecular complexity index is 688. The molecule has 0 spiro atoms. The number of nitrogens with zero attached hydrogens (tertiary/aromatic N) is 1. The summed E-state index contributed by atoms with van der Waals surface area (Å²) in [5.41, 5.74) is 2.22. The van der Waals surface area contributed by atoms with Crippen molar-refractivity contribution in [2.45, 2.75) is 46.1 Å². The van der Waals surface area contributed by atoms with Crippen molar-refractivity contribution in [1.29, 1.82) is 0 Å². The van der Waals surface area contributed by atoms with E-state index in [4.69, 9.17) is 17.0 Å². The fourth-order valence-corrected chi connectivity index (χ4v) is 4.10. The quantitative estimate of drug-likeness (QED) is 0.800. The number of ether oxygens (including phenoxy) is 1. The topological polar surface area (TPSA) is 29.9 Å². The molecule has 3 rings (SSSR count). The smallest absolute Gasteiger partial charge is 0.178 e. The van der Waals surface area contributed by atoms with Gasteiger partial charge >= 0.3 is 0 Å². The number of aromatic nitrogens is 2. The van der Waals surface area contributed by atoms with Crippen LogP contribution in [0.5, 0.6) is 5.75 Å². The van der Waals surface area contributed by atoms with Gasteiger partial charge in [-0.1, -0.05) is 19.9 Å². The summed E-state index contributed by atoms with van der Waals surface area (Å²) >= 11 is 5.61. The zero-order chi connectivity index (χ0) is 15.0. The highest BCUT2D eigenvalue weighted by molar-refractivity contribution is 7.71. The van der Waals surface area contributed by atoms with Crippen LogP contribution in [0.2, 0.25) is 0 Å². The molecule has 4 heteroatoms. The summed E-state index contributed by atoms with van der Waals surface area (Å²) in [6, 6.07) is 6.71. The first-order valence-electron chi connectivity index (χ1n) is 7.97. The summed E-state index contributed by atoms with van der Waals surface area (Å²) in [7, 11) is 0. The minimum Gasteiger partial charge on any atom is -0.492 e. The molecule has 21 heavy (non-hydrogen) atoms. The average molecular weight is 304 g/mol. The van der Waals surface area contributed by atoms with Gasteiger partial charge in [-0.25, -0.2) is 0 Å². The summed E-state index contributed by atoms with van der Waals surface area (Å²) in [4.78, 5) is 3.36. The molecule has 3 nitrogen and oxygen atoms in total. The molecule has 1 fully saturated rings. The summed E-state index contributed by atoms with van der Waals surface area (Å²) in [6.07, 6.45) is 3.78. The summed E-state index contributed by atoms with van der Waals surface area (Å²) in [6.45, 7) is 7.39. The van der Waals surface area contributed by atoms with Crippen molar-refractivity contribution in [1.82, 2.24) is 9.55 Å². The fraction of sp³-hybridized carbons (Fsp3) is 0.588. The maximum Gasteiger partial charge on any atom is 0.178 e. The Morgan fingerprint density at radius 3 is 2.86 bits per heavy atom. The second-order valence-electron chi connectivity index (χ2n) is 6.35. The normalized spacial score (nSPS) is 26.1. The SMILES string of the molecule is CCOc1cccc2c1[nH]c(=S)n2C1CCC(C)CC1C. The van der Waals surface area contributed by atoms with Crippen molar-refractivity contribution >= 4 is 23.3 Å². The molecule has 0 saturated heterocycles. The van der Waals surface area contributed by atoms with Crippen LogP contribution in [0.1, 0.15) is 46.1 Å². The van der Waals surface area contributed by atoms with Crippen LogP contribution in [0.3, 0.4) is 0 Å². The summed E-state index contributed by atoms with van der Waals surface area (Å²) in [5, 5.41) is 0. The van der Waals surface area contributed by atoms with Crippen molar-refractivity contribution in [3.05, 3.63) is 23.0 Å². The van der Waals surface area contributed by atoms with Gasteiger partial charge in [0.25, 0.3) is 0 Å². The average Bonchev–Trinajstić information content (AvgIpc) is 2.77. The molecule has 3 atom stereocenters. The third-order valence-electron chi connectivity index (χ3n) is 4.73. The molecule has 0 radical (unpaired) electrons. The monoisotopic (exact) mass is 304 g/mol. The predicted molar refractivity (Wildman–Crippen MR) is 89.5 cm³/mol. The molecule has 3 unspecified atom stereocenters. The van der Waals surface area contributed by atoms with E-state index < -0.39 is 0 Å². The van der Waals surface area contributed by atoms with E-state index in [1.807, 2.05) is 13.0 Å². The van der Waals surface area contributed by atoms with E-state index in [0.717, 1.165) is 22.0 Å². The predicted octanol–water partition coefficient (Wildman–Crippen LogP) is 5.09. The van der Waals surface area contributed by atoms with Crippen molar-refractivity contribution in [2.24, 2.45) is 11.8 Å². The largest absolute Gasteiger partial charge is 0.492 e. The Morgan fingerprint density at radius 2 is 2.14 bits per heavy atom. The van der Waals surface area contributed by atoms with Crippen LogP contribution in [-0.4, -0.2) is 16.2 Å². The van der Waals surface area contributed by atoms with E-state index in [1.165, 1.54) is 24.8 Å². The minimum atomic E-state index is 0.499. The molecule has 1 N–H and O–H groups in total. The number of aromatic amines is 1. The van der Waals surface area contributed by atoms with Gasteiger partial charge in [-0.2, -0.15) is 0 Å². The van der Waals surface area contributed by atoms with Crippen LogP contribution in [0.15, 0.2) is 18.2 Å². The Labute approximate surface area is 131 Å². The standard InChI is InChI=1S/C17H24N2OS/c1-4-20-15-7-5-6-14-16(15)18-17(21)19(14)13-9-8-11(2)10-12(13)3/h5-7,11-13H,4,8-10H2,1-3H3,(H,18,21). The molecule has 2 aromatic rings. The maximum absolute atomic E-state index is 5.73. The highest BCUT2D eigenvalue weighted by Gasteiger charge is 2.28. The molecule has 1 saturated carbocycles. The van der Waals surface area contributed by atoms with Gasteiger partial charge in [0.05, 0.1) is 12.1 Å². The van der Waals surface area contributed by atoms with E-state index in [0.29, 0.717) is 18.6 Å². The molecule has 1 aromatic heterocycles. The molecule has 1 aliphatic rings. The second-order valence-corrected chi connectivity index (χ2v) is 6.73. The number of benzene rings is 1. The van der Waals surface area contributed by atoms with Crippen molar-refractivity contribution in [2.75, 3.05) is 6.61 Å². The van der Waals surface area contributed by atoms with E-state index >= 15 is 0 Å². The van der Waals surface area contributed by atoms with Gasteiger partial charge < -0.3 is 14.3 Å². The Morgan fingerprint density at radius 1 is 1.33 bits per heavy atom. The maximum atomic E-state index is 5.73. The van der Waals surface area contributed by atoms with Crippen LogP contribution in [0.4, 0.5) is 0 Å². The molecule has 0 amide bonds. The zero-order valence-corrected chi connectivity index (χ0v) is 13.9. The number of hydrogen-bond donors (Lipinski definition) is 1. The number of hydrogen-bond acceptors (Lipinski definition) is 2. The molecular formula is C17H24N2OS. The van der Waals surface area contributed by atoms with E-state index in [9.17, 15) is 0 Å². The van der Waals surface area contributed by atoms with Crippen LogP contribution in [0, 0.1) is 16.6 Å². The number of rotatable bonds is 3. The van der Waals surface area contributed by atoms with Gasteiger partial charge in [0.15, 0.2) is 4.77 Å². The number of para-hydroxylation sites is 1. The van der Waals surface area contributed by atoms with Crippen molar-refractivity contribution in [3.8, 4) is 5.75 Å². The molecule has 0 aliphatic heterocycles. The van der Waals surface area contributed by atoms with Crippen molar-refractivity contribution < 1.29 is 4.74 Å². The highest BCUT2D eigenvalue weighted by atomic mass is 32.1. The molecular weight excluding hydrogens is 280 g/mol. The number of H-pyrrole nitrogens is 1. The highest BCUT2D eigenvalue weighted by Crippen LogP contribution is 2.39. The Hall–Kier alpha value is -1.29. The number of fused-ring (bicyclic) bond motifs is 1. The summed E-state index contributed by atoms with van der Waals surface area (Å²) in [5.74, 6) is 2.39. The molecule has 1 heterocycles. The van der Waals surface area contributed by atoms with Gasteiger partial charge in [0.2, 0.25) is 0 Å². The first kappa shape index (κ1) is 14.6. The number of nitrogens with one attached hydrogen (secondary N) is 1. The lowest BCUT2D eigenvalue weighted by Crippen LogP contribution is -2.24. The summed E-state index contributed by atoms with van der Waals surface area (Å²) < 4.78 is 8.87. The zero-order valence-electron chi connectivity index (χ0n) is 13.1. The van der Waals surface area contributed by atoms with Gasteiger partial charge in [0, 0.05) is 6.04 Å². The van der Waals surface area contributed by atoms with E-state index in [2.05, 4.69) is 35.5 Å². The molecule has 114 valence electrons. The van der Waals surface area contributed by atoms with Gasteiger partial charge in [-0.15, -0.1) is 0 Å². The lowest BCUT2D eigenvalue weighted by atomic mass is 9.79. The van der Waals surface area contributed by atoms with Gasteiger partial charge in [-0.3, -0.25) is 0 Å². The molecule has 1 aromatic carbocycles.